The van der Waals surface area contributed by atoms with Gasteiger partial charge in [0.05, 0.1) is 30.7 Å². The molecule has 11 nitrogen and oxygen atoms in total. The van der Waals surface area contributed by atoms with Crippen LogP contribution in [0.3, 0.4) is 0 Å². The average molecular weight is 519 g/mol. The van der Waals surface area contributed by atoms with Crippen LogP contribution in [0.25, 0.3) is 16.7 Å². The third-order valence-electron chi connectivity index (χ3n) is 7.23. The Morgan fingerprint density at radius 1 is 1.16 bits per heavy atom. The van der Waals surface area contributed by atoms with Gasteiger partial charge < -0.3 is 24.3 Å². The minimum Gasteiger partial charge on any atom is -0.450 e. The van der Waals surface area contributed by atoms with Crippen LogP contribution in [0.2, 0.25) is 5.02 Å². The Morgan fingerprint density at radius 3 is 2.78 bits per heavy atom. The molecule has 0 amide bonds. The summed E-state index contributed by atoms with van der Waals surface area (Å²) in [5.41, 5.74) is 2.98. The molecule has 37 heavy (non-hydrogen) atoms. The van der Waals surface area contributed by atoms with Crippen LogP contribution in [-0.2, 0) is 7.05 Å². The number of aromatic nitrogens is 7. The SMILES string of the molecule is Cn1c(Nc2cc(C3CC3)cn([C@H]3CC[C@H]3O)c2=O)nc2ncc(Oc3cnn4ccncc34)c(Cl)c21. The zero-order chi connectivity index (χ0) is 25.3. The summed E-state index contributed by atoms with van der Waals surface area (Å²) in [7, 11) is 1.80. The third kappa shape index (κ3) is 3.65. The fourth-order valence-electron chi connectivity index (χ4n) is 4.82. The number of fused-ring (bicyclic) bond motifs is 2. The van der Waals surface area contributed by atoms with E-state index in [4.69, 9.17) is 16.3 Å². The van der Waals surface area contributed by atoms with Crippen molar-refractivity contribution in [2.75, 3.05) is 5.32 Å². The van der Waals surface area contributed by atoms with Crippen LogP contribution in [0.15, 0.2) is 48.0 Å². The quantitative estimate of drug-likeness (QED) is 0.346. The first-order valence-corrected chi connectivity index (χ1v) is 12.5. The van der Waals surface area contributed by atoms with Crippen molar-refractivity contribution in [3.05, 3.63) is 64.2 Å². The number of rotatable bonds is 6. The number of imidazole rings is 1. The molecule has 5 aromatic heterocycles. The molecule has 7 rings (SSSR count). The maximum absolute atomic E-state index is 13.4. The molecule has 2 aliphatic rings. The number of hydrogen-bond acceptors (Lipinski definition) is 8. The minimum atomic E-state index is -0.499. The molecular formula is C25H23ClN8O3. The van der Waals surface area contributed by atoms with Crippen LogP contribution in [0, 0.1) is 0 Å². The summed E-state index contributed by atoms with van der Waals surface area (Å²) in [6, 6.07) is 1.70. The molecule has 2 aliphatic carbocycles. The molecule has 2 N–H and O–H groups in total. The van der Waals surface area contributed by atoms with Crippen molar-refractivity contribution in [1.29, 1.82) is 0 Å². The number of nitrogens with zero attached hydrogens (tertiary/aromatic N) is 7. The predicted molar refractivity (Wildman–Crippen MR) is 137 cm³/mol. The maximum Gasteiger partial charge on any atom is 0.274 e. The van der Waals surface area contributed by atoms with Gasteiger partial charge in [0.15, 0.2) is 17.1 Å². The topological polar surface area (TPSA) is 124 Å². The largest absolute Gasteiger partial charge is 0.450 e. The van der Waals surface area contributed by atoms with E-state index in [1.807, 2.05) is 12.3 Å². The van der Waals surface area contributed by atoms with E-state index in [9.17, 15) is 9.90 Å². The van der Waals surface area contributed by atoms with Crippen molar-refractivity contribution in [3.63, 3.8) is 0 Å². The molecule has 0 unspecified atom stereocenters. The highest BCUT2D eigenvalue weighted by atomic mass is 35.5. The fourth-order valence-corrected chi connectivity index (χ4v) is 5.11. The fraction of sp³-hybridized carbons (Fsp3) is 0.320. The van der Waals surface area contributed by atoms with Gasteiger partial charge in [0, 0.05) is 25.6 Å². The van der Waals surface area contributed by atoms with E-state index in [1.54, 1.807) is 45.5 Å². The number of hydrogen-bond donors (Lipinski definition) is 2. The third-order valence-corrected chi connectivity index (χ3v) is 7.60. The van der Waals surface area contributed by atoms with Crippen molar-refractivity contribution in [1.82, 2.24) is 33.7 Å². The second-order valence-electron chi connectivity index (χ2n) is 9.63. The zero-order valence-corrected chi connectivity index (χ0v) is 20.6. The van der Waals surface area contributed by atoms with Gasteiger partial charge in [-0.2, -0.15) is 10.1 Å². The van der Waals surface area contributed by atoms with Gasteiger partial charge in [-0.3, -0.25) is 9.78 Å². The van der Waals surface area contributed by atoms with Crippen LogP contribution in [0.5, 0.6) is 11.5 Å². The molecule has 0 aromatic carbocycles. The first kappa shape index (κ1) is 22.3. The van der Waals surface area contributed by atoms with Crippen molar-refractivity contribution < 1.29 is 9.84 Å². The van der Waals surface area contributed by atoms with E-state index >= 15 is 0 Å². The maximum atomic E-state index is 13.4. The molecular weight excluding hydrogens is 496 g/mol. The van der Waals surface area contributed by atoms with Crippen LogP contribution in [0.4, 0.5) is 11.6 Å². The number of aliphatic hydroxyl groups excluding tert-OH is 1. The summed E-state index contributed by atoms with van der Waals surface area (Å²) in [5.74, 6) is 1.70. The number of pyridine rings is 2. The molecule has 5 heterocycles. The summed E-state index contributed by atoms with van der Waals surface area (Å²) < 4.78 is 11.1. The van der Waals surface area contributed by atoms with Crippen LogP contribution < -0.4 is 15.6 Å². The van der Waals surface area contributed by atoms with Gasteiger partial charge >= 0.3 is 0 Å². The van der Waals surface area contributed by atoms with Crippen LogP contribution >= 0.6 is 11.6 Å². The molecule has 2 atom stereocenters. The molecule has 2 fully saturated rings. The normalized spacial score (nSPS) is 19.3. The van der Waals surface area contributed by atoms with Crippen LogP contribution in [0.1, 0.15) is 43.2 Å². The van der Waals surface area contributed by atoms with E-state index < -0.39 is 6.10 Å². The second-order valence-corrected chi connectivity index (χ2v) is 10.0. The number of anilines is 2. The summed E-state index contributed by atoms with van der Waals surface area (Å²) in [5, 5.41) is 18.0. The highest BCUT2D eigenvalue weighted by Crippen LogP contribution is 2.42. The molecule has 12 heteroatoms. The lowest BCUT2D eigenvalue weighted by Gasteiger charge is -2.34. The Morgan fingerprint density at radius 2 is 2.03 bits per heavy atom. The molecule has 0 radical (unpaired) electrons. The van der Waals surface area contributed by atoms with Gasteiger partial charge in [0.2, 0.25) is 5.95 Å². The van der Waals surface area contributed by atoms with Gasteiger partial charge in [0.25, 0.3) is 5.56 Å². The van der Waals surface area contributed by atoms with Crippen molar-refractivity contribution in [2.45, 2.75) is 43.7 Å². The zero-order valence-electron chi connectivity index (χ0n) is 19.9. The lowest BCUT2D eigenvalue weighted by molar-refractivity contribution is 0.0299. The smallest absolute Gasteiger partial charge is 0.274 e. The summed E-state index contributed by atoms with van der Waals surface area (Å²) >= 11 is 6.76. The Hall–Kier alpha value is -3.96. The van der Waals surface area contributed by atoms with Gasteiger partial charge in [-0.15, -0.1) is 0 Å². The first-order valence-electron chi connectivity index (χ1n) is 12.1. The van der Waals surface area contributed by atoms with E-state index in [-0.39, 0.29) is 11.6 Å². The highest BCUT2D eigenvalue weighted by molar-refractivity contribution is 6.36. The monoisotopic (exact) mass is 518 g/mol. The first-order chi connectivity index (χ1) is 18.0. The van der Waals surface area contributed by atoms with E-state index in [0.717, 1.165) is 24.8 Å². The van der Waals surface area contributed by atoms with Crippen molar-refractivity contribution in [3.8, 4) is 11.5 Å². The summed E-state index contributed by atoms with van der Waals surface area (Å²) in [6.07, 6.45) is 13.2. The molecule has 2 saturated carbocycles. The highest BCUT2D eigenvalue weighted by Gasteiger charge is 2.33. The number of halogens is 1. The number of aryl methyl sites for hydroxylation is 1. The van der Waals surface area contributed by atoms with E-state index in [0.29, 0.717) is 57.2 Å². The number of nitrogens with one attached hydrogen (secondary N) is 1. The van der Waals surface area contributed by atoms with Crippen molar-refractivity contribution >= 4 is 39.9 Å². The lowest BCUT2D eigenvalue weighted by atomic mass is 9.88. The van der Waals surface area contributed by atoms with E-state index in [2.05, 4.69) is 25.4 Å². The molecule has 188 valence electrons. The number of aliphatic hydroxyl groups is 1. The van der Waals surface area contributed by atoms with Crippen LogP contribution in [-0.4, -0.2) is 44.9 Å². The average Bonchev–Trinajstić information content (AvgIpc) is 3.59. The predicted octanol–water partition coefficient (Wildman–Crippen LogP) is 3.94. The van der Waals surface area contributed by atoms with Gasteiger partial charge in [-0.05, 0) is 43.2 Å². The summed E-state index contributed by atoms with van der Waals surface area (Å²) in [6.45, 7) is 0. The molecule has 5 aromatic rings. The molecule has 0 aliphatic heterocycles. The Balaban J connectivity index is 1.26. The van der Waals surface area contributed by atoms with Gasteiger partial charge in [0.1, 0.15) is 21.7 Å². The van der Waals surface area contributed by atoms with Gasteiger partial charge in [-0.25, -0.2) is 9.50 Å². The Bertz CT molecular complexity index is 1740. The van der Waals surface area contributed by atoms with Gasteiger partial charge in [-0.1, -0.05) is 11.6 Å². The lowest BCUT2D eigenvalue weighted by Crippen LogP contribution is -2.39. The summed E-state index contributed by atoms with van der Waals surface area (Å²) in [4.78, 5) is 26.5. The Labute approximate surface area is 215 Å². The van der Waals surface area contributed by atoms with E-state index in [1.165, 1.54) is 6.20 Å². The standard InChI is InChI=1S/C25H23ClN8O3/c1-32-22-21(26)20(37-19-11-29-34-7-6-27-9-17(19)34)10-28-23(22)31-25(32)30-15-8-14(13-2-3-13)12-33(24(15)36)16-4-5-18(16)35/h6-13,16,18,35H,2-5H2,1H3,(H,28,30,31)/t16-,18+/m0/s1. The Kier molecular flexibility index (Phi) is 4.98. The second kappa shape index (κ2) is 8.29. The van der Waals surface area contributed by atoms with Crippen molar-refractivity contribution in [2.24, 2.45) is 7.05 Å². The molecule has 0 saturated heterocycles. The molecule has 0 bridgehead atoms. The molecule has 0 spiro atoms. The minimum absolute atomic E-state index is 0.190. The number of ether oxygens (including phenoxy) is 1.